The fourth-order valence-corrected chi connectivity index (χ4v) is 2.89. The minimum absolute atomic E-state index is 0.0251. The van der Waals surface area contributed by atoms with E-state index in [1.807, 2.05) is 4.90 Å². The van der Waals surface area contributed by atoms with Crippen LogP contribution in [0.2, 0.25) is 5.02 Å². The monoisotopic (exact) mass is 347 g/mol. The zero-order valence-electron chi connectivity index (χ0n) is 11.8. The number of anilines is 1. The molecule has 3 heterocycles. The first-order chi connectivity index (χ1) is 10.9. The normalized spacial score (nSPS) is 19.1. The third-order valence-corrected chi connectivity index (χ3v) is 4.15. The van der Waals surface area contributed by atoms with Gasteiger partial charge in [-0.25, -0.2) is 5.10 Å². The van der Waals surface area contributed by atoms with Crippen molar-refractivity contribution < 1.29 is 13.2 Å². The van der Waals surface area contributed by atoms with E-state index in [2.05, 4.69) is 15.3 Å². The van der Waals surface area contributed by atoms with Gasteiger partial charge in [-0.2, -0.15) is 23.4 Å². The Labute approximate surface area is 133 Å². The van der Waals surface area contributed by atoms with Gasteiger partial charge in [0.05, 0.1) is 17.9 Å². The Morgan fingerprint density at radius 1 is 1.39 bits per heavy atom. The van der Waals surface area contributed by atoms with Gasteiger partial charge in [-0.15, -0.1) is 0 Å². The second-order valence-corrected chi connectivity index (χ2v) is 5.70. The summed E-state index contributed by atoms with van der Waals surface area (Å²) in [5.74, 6) is 0. The molecule has 1 atom stereocenters. The Morgan fingerprint density at radius 3 is 2.87 bits per heavy atom. The number of rotatable bonds is 2. The second-order valence-electron chi connectivity index (χ2n) is 5.32. The maximum Gasteiger partial charge on any atom is 0.435 e. The van der Waals surface area contributed by atoms with Crippen LogP contribution in [0.25, 0.3) is 0 Å². The third kappa shape index (κ3) is 3.19. The quantitative estimate of drug-likeness (QED) is 0.906. The molecule has 1 saturated heterocycles. The Morgan fingerprint density at radius 2 is 2.17 bits per heavy atom. The lowest BCUT2D eigenvalue weighted by Gasteiger charge is -2.34. The molecule has 0 aromatic carbocycles. The van der Waals surface area contributed by atoms with Crippen molar-refractivity contribution >= 4 is 17.3 Å². The molecule has 124 valence electrons. The largest absolute Gasteiger partial charge is 0.435 e. The van der Waals surface area contributed by atoms with Crippen molar-refractivity contribution in [3.8, 4) is 0 Å². The van der Waals surface area contributed by atoms with Crippen LogP contribution in [0.15, 0.2) is 23.3 Å². The summed E-state index contributed by atoms with van der Waals surface area (Å²) in [6.07, 6.45) is -0.247. The highest BCUT2D eigenvalue weighted by Gasteiger charge is 2.34. The lowest BCUT2D eigenvalue weighted by molar-refractivity contribution is -0.141. The smallest absolute Gasteiger partial charge is 0.367 e. The van der Waals surface area contributed by atoms with Crippen LogP contribution in [0.3, 0.4) is 0 Å². The zero-order chi connectivity index (χ0) is 16.6. The lowest BCUT2D eigenvalue weighted by Crippen LogP contribution is -2.37. The van der Waals surface area contributed by atoms with Gasteiger partial charge in [0.15, 0.2) is 5.69 Å². The van der Waals surface area contributed by atoms with Crippen molar-refractivity contribution in [3.05, 3.63) is 39.5 Å². The van der Waals surface area contributed by atoms with Gasteiger partial charge >= 0.3 is 6.18 Å². The van der Waals surface area contributed by atoms with Gasteiger partial charge in [0.1, 0.15) is 5.02 Å². The van der Waals surface area contributed by atoms with E-state index >= 15 is 0 Å². The fourth-order valence-electron chi connectivity index (χ4n) is 2.68. The molecule has 1 aliphatic rings. The lowest BCUT2D eigenvalue weighted by atomic mass is 10.1. The van der Waals surface area contributed by atoms with E-state index in [0.717, 1.165) is 12.5 Å². The maximum atomic E-state index is 12.7. The molecule has 1 unspecified atom stereocenters. The minimum atomic E-state index is -4.46. The van der Waals surface area contributed by atoms with Crippen molar-refractivity contribution in [1.82, 2.24) is 20.0 Å². The first-order valence-corrected chi connectivity index (χ1v) is 7.34. The van der Waals surface area contributed by atoms with Crippen molar-refractivity contribution in [1.29, 1.82) is 0 Å². The van der Waals surface area contributed by atoms with Crippen LogP contribution in [-0.4, -0.2) is 33.1 Å². The van der Waals surface area contributed by atoms with E-state index in [0.29, 0.717) is 25.2 Å². The molecule has 0 bridgehead atoms. The first kappa shape index (κ1) is 15.9. The number of aromatic nitrogens is 4. The topological polar surface area (TPSA) is 66.8 Å². The molecule has 0 radical (unpaired) electrons. The summed E-state index contributed by atoms with van der Waals surface area (Å²) >= 11 is 5.99. The predicted molar refractivity (Wildman–Crippen MR) is 77.6 cm³/mol. The zero-order valence-corrected chi connectivity index (χ0v) is 12.6. The summed E-state index contributed by atoms with van der Waals surface area (Å²) < 4.78 is 39.3. The highest BCUT2D eigenvalue weighted by molar-refractivity contribution is 6.32. The molecular weight excluding hydrogens is 335 g/mol. The number of hydrogen-bond acceptors (Lipinski definition) is 4. The van der Waals surface area contributed by atoms with E-state index in [-0.39, 0.29) is 11.1 Å². The number of alkyl halides is 3. The Kier molecular flexibility index (Phi) is 4.05. The summed E-state index contributed by atoms with van der Waals surface area (Å²) in [7, 11) is 0. The standard InChI is InChI=1S/C13H13ClF3N5O/c14-11-9(6-18-19-12(11)23)21-4-1-2-8(7-21)22-5-3-10(20-22)13(15,16)17/h3,5-6,8H,1-2,4,7H2,(H,19,23). The van der Waals surface area contributed by atoms with Gasteiger partial charge in [-0.3, -0.25) is 9.48 Å². The van der Waals surface area contributed by atoms with Crippen molar-refractivity contribution in [2.45, 2.75) is 25.1 Å². The summed E-state index contributed by atoms with van der Waals surface area (Å²) in [6.45, 7) is 1.05. The second kappa shape index (κ2) is 5.88. The van der Waals surface area contributed by atoms with Gasteiger partial charge in [-0.05, 0) is 18.9 Å². The first-order valence-electron chi connectivity index (χ1n) is 6.97. The fraction of sp³-hybridized carbons (Fsp3) is 0.462. The molecule has 3 rings (SSSR count). The number of aromatic amines is 1. The van der Waals surface area contributed by atoms with E-state index < -0.39 is 17.4 Å². The maximum absolute atomic E-state index is 12.7. The number of piperidine rings is 1. The number of halogens is 4. The Balaban J connectivity index is 1.82. The minimum Gasteiger partial charge on any atom is -0.367 e. The number of nitrogens with one attached hydrogen (secondary N) is 1. The third-order valence-electron chi connectivity index (χ3n) is 3.79. The van der Waals surface area contributed by atoms with Crippen LogP contribution in [0.1, 0.15) is 24.6 Å². The number of hydrogen-bond donors (Lipinski definition) is 1. The molecule has 0 spiro atoms. The predicted octanol–water partition coefficient (Wildman–Crippen LogP) is 2.48. The van der Waals surface area contributed by atoms with Crippen LogP contribution in [-0.2, 0) is 6.18 Å². The molecule has 6 nitrogen and oxygen atoms in total. The average molecular weight is 348 g/mol. The van der Waals surface area contributed by atoms with Gasteiger partial charge in [-0.1, -0.05) is 11.6 Å². The van der Waals surface area contributed by atoms with Crippen LogP contribution in [0.5, 0.6) is 0 Å². The van der Waals surface area contributed by atoms with Crippen LogP contribution in [0, 0.1) is 0 Å². The van der Waals surface area contributed by atoms with Crippen molar-refractivity contribution in [2.75, 3.05) is 18.0 Å². The SMILES string of the molecule is O=c1[nH]ncc(N2CCCC(n3ccc(C(F)(F)F)n3)C2)c1Cl. The summed E-state index contributed by atoms with van der Waals surface area (Å²) in [4.78, 5) is 13.4. The van der Waals surface area contributed by atoms with Gasteiger partial charge in [0.2, 0.25) is 0 Å². The number of H-pyrrole nitrogens is 1. The molecule has 0 amide bonds. The van der Waals surface area contributed by atoms with Gasteiger partial charge in [0.25, 0.3) is 5.56 Å². The van der Waals surface area contributed by atoms with E-state index in [4.69, 9.17) is 11.6 Å². The molecule has 10 heteroatoms. The van der Waals surface area contributed by atoms with Crippen LogP contribution >= 0.6 is 11.6 Å². The van der Waals surface area contributed by atoms with Crippen molar-refractivity contribution in [2.24, 2.45) is 0 Å². The average Bonchev–Trinajstić information content (AvgIpc) is 3.00. The molecule has 2 aromatic heterocycles. The molecular formula is C13H13ClF3N5O. The van der Waals surface area contributed by atoms with E-state index in [1.54, 1.807) is 0 Å². The van der Waals surface area contributed by atoms with E-state index in [9.17, 15) is 18.0 Å². The summed E-state index contributed by atoms with van der Waals surface area (Å²) in [5.41, 5.74) is -0.932. The molecule has 23 heavy (non-hydrogen) atoms. The molecule has 2 aromatic rings. The van der Waals surface area contributed by atoms with Gasteiger partial charge < -0.3 is 4.90 Å². The highest BCUT2D eigenvalue weighted by atomic mass is 35.5. The molecule has 0 saturated carbocycles. The van der Waals surface area contributed by atoms with Crippen LogP contribution in [0.4, 0.5) is 18.9 Å². The number of nitrogens with zero attached hydrogens (tertiary/aromatic N) is 4. The van der Waals surface area contributed by atoms with Crippen LogP contribution < -0.4 is 10.5 Å². The molecule has 0 aliphatic carbocycles. The van der Waals surface area contributed by atoms with Gasteiger partial charge in [0, 0.05) is 19.3 Å². The Bertz CT molecular complexity index is 757. The summed E-state index contributed by atoms with van der Waals surface area (Å²) in [6, 6.07) is 0.732. The molecule has 1 N–H and O–H groups in total. The Hall–Kier alpha value is -2.03. The van der Waals surface area contributed by atoms with Crippen molar-refractivity contribution in [3.63, 3.8) is 0 Å². The summed E-state index contributed by atoms with van der Waals surface area (Å²) in [5, 5.41) is 9.60. The molecule has 1 fully saturated rings. The van der Waals surface area contributed by atoms with E-state index in [1.165, 1.54) is 17.1 Å². The highest BCUT2D eigenvalue weighted by Crippen LogP contribution is 2.31. The molecule has 1 aliphatic heterocycles.